The Bertz CT molecular complexity index is 385. The summed E-state index contributed by atoms with van der Waals surface area (Å²) in [5.74, 6) is 1.87. The fourth-order valence-corrected chi connectivity index (χ4v) is 2.58. The number of hydrogen-bond donors (Lipinski definition) is 2. The van der Waals surface area contributed by atoms with Gasteiger partial charge in [0.05, 0.1) is 0 Å². The van der Waals surface area contributed by atoms with Crippen LogP contribution in [0.15, 0.2) is 12.4 Å². The first kappa shape index (κ1) is 14.1. The van der Waals surface area contributed by atoms with Gasteiger partial charge < -0.3 is 15.3 Å². The molecular weight excluding hydrogens is 240 g/mol. The third-order valence-electron chi connectivity index (χ3n) is 3.62. The molecule has 1 aliphatic heterocycles. The van der Waals surface area contributed by atoms with E-state index in [9.17, 15) is 0 Å². The van der Waals surface area contributed by atoms with Crippen LogP contribution in [-0.2, 0) is 0 Å². The third kappa shape index (κ3) is 3.80. The highest BCUT2D eigenvalue weighted by Crippen LogP contribution is 2.26. The Morgan fingerprint density at radius 2 is 2.37 bits per heavy atom. The number of aromatic nitrogens is 2. The van der Waals surface area contributed by atoms with Gasteiger partial charge in [-0.05, 0) is 25.7 Å². The molecule has 1 aromatic heterocycles. The summed E-state index contributed by atoms with van der Waals surface area (Å²) in [6, 6.07) is 2.44. The van der Waals surface area contributed by atoms with Crippen LogP contribution in [0.3, 0.4) is 0 Å². The molecule has 0 radical (unpaired) electrons. The van der Waals surface area contributed by atoms with Gasteiger partial charge in [0.1, 0.15) is 18.0 Å². The van der Waals surface area contributed by atoms with Crippen LogP contribution < -0.4 is 10.2 Å². The molecule has 1 aromatic rings. The number of rotatable bonds is 7. The first-order chi connectivity index (χ1) is 9.35. The number of nitrogens with zero attached hydrogens (tertiary/aromatic N) is 3. The van der Waals surface area contributed by atoms with Crippen molar-refractivity contribution in [3.63, 3.8) is 0 Å². The Hall–Kier alpha value is -1.36. The second-order valence-corrected chi connectivity index (χ2v) is 5.04. The summed E-state index contributed by atoms with van der Waals surface area (Å²) < 4.78 is 0. The minimum atomic E-state index is 0.244. The second kappa shape index (κ2) is 7.28. The summed E-state index contributed by atoms with van der Waals surface area (Å²) in [6.45, 7) is 4.40. The van der Waals surface area contributed by atoms with Crippen molar-refractivity contribution in [1.29, 1.82) is 0 Å². The van der Waals surface area contributed by atoms with Crippen LogP contribution in [-0.4, -0.2) is 40.8 Å². The number of aliphatic hydroxyl groups is 1. The van der Waals surface area contributed by atoms with Crippen molar-refractivity contribution in [2.45, 2.75) is 45.1 Å². The fourth-order valence-electron chi connectivity index (χ4n) is 2.58. The van der Waals surface area contributed by atoms with Crippen molar-refractivity contribution >= 4 is 11.6 Å². The largest absolute Gasteiger partial charge is 0.396 e. The van der Waals surface area contributed by atoms with E-state index in [2.05, 4.69) is 27.1 Å². The number of anilines is 2. The Balaban J connectivity index is 2.01. The van der Waals surface area contributed by atoms with Crippen LogP contribution in [0.1, 0.15) is 39.0 Å². The molecule has 2 rings (SSSR count). The van der Waals surface area contributed by atoms with Crippen LogP contribution in [0.25, 0.3) is 0 Å². The van der Waals surface area contributed by atoms with Crippen molar-refractivity contribution in [2.24, 2.45) is 0 Å². The quantitative estimate of drug-likeness (QED) is 0.738. The van der Waals surface area contributed by atoms with Gasteiger partial charge in [-0.3, -0.25) is 0 Å². The Labute approximate surface area is 115 Å². The number of nitrogens with one attached hydrogen (secondary N) is 1. The minimum absolute atomic E-state index is 0.244. The summed E-state index contributed by atoms with van der Waals surface area (Å²) in [5, 5.41) is 12.4. The molecule has 2 N–H and O–H groups in total. The van der Waals surface area contributed by atoms with Crippen molar-refractivity contribution in [3.05, 3.63) is 12.4 Å². The van der Waals surface area contributed by atoms with Gasteiger partial charge in [-0.15, -0.1) is 0 Å². The lowest BCUT2D eigenvalue weighted by molar-refractivity contribution is 0.275. The molecule has 0 aromatic carbocycles. The lowest BCUT2D eigenvalue weighted by atomic mass is 10.1. The van der Waals surface area contributed by atoms with E-state index in [4.69, 9.17) is 5.11 Å². The second-order valence-electron chi connectivity index (χ2n) is 5.04. The Morgan fingerprint density at radius 1 is 1.47 bits per heavy atom. The molecule has 1 atom stereocenters. The van der Waals surface area contributed by atoms with Crippen molar-refractivity contribution in [1.82, 2.24) is 9.97 Å². The van der Waals surface area contributed by atoms with Crippen LogP contribution in [0.5, 0.6) is 0 Å². The Morgan fingerprint density at radius 3 is 3.16 bits per heavy atom. The maximum atomic E-state index is 9.12. The van der Waals surface area contributed by atoms with Gasteiger partial charge in [-0.1, -0.05) is 13.3 Å². The van der Waals surface area contributed by atoms with E-state index in [1.165, 1.54) is 12.8 Å². The maximum absolute atomic E-state index is 9.12. The molecule has 0 amide bonds. The maximum Gasteiger partial charge on any atom is 0.134 e. The van der Waals surface area contributed by atoms with Crippen molar-refractivity contribution in [2.75, 3.05) is 29.9 Å². The predicted octanol–water partition coefficient (Wildman–Crippen LogP) is 2.04. The molecule has 1 saturated heterocycles. The number of unbranched alkanes of at least 4 members (excludes halogenated alkanes) is 1. The zero-order chi connectivity index (χ0) is 13.5. The van der Waals surface area contributed by atoms with Gasteiger partial charge in [-0.25, -0.2) is 9.97 Å². The first-order valence-electron chi connectivity index (χ1n) is 7.28. The SMILES string of the molecule is CCCCNc1cc(N2CCCC2CCO)ncn1. The summed E-state index contributed by atoms with van der Waals surface area (Å²) >= 11 is 0. The van der Waals surface area contributed by atoms with Gasteiger partial charge in [0.15, 0.2) is 0 Å². The summed E-state index contributed by atoms with van der Waals surface area (Å²) in [4.78, 5) is 10.9. The zero-order valence-electron chi connectivity index (χ0n) is 11.7. The molecule has 1 unspecified atom stereocenters. The highest BCUT2D eigenvalue weighted by Gasteiger charge is 2.25. The lowest BCUT2D eigenvalue weighted by Crippen LogP contribution is -2.30. The molecule has 1 fully saturated rings. The van der Waals surface area contributed by atoms with Crippen LogP contribution in [0, 0.1) is 0 Å². The molecule has 19 heavy (non-hydrogen) atoms. The normalized spacial score (nSPS) is 18.8. The smallest absolute Gasteiger partial charge is 0.134 e. The number of hydrogen-bond acceptors (Lipinski definition) is 5. The molecule has 0 saturated carbocycles. The standard InChI is InChI=1S/C14H24N4O/c1-2-3-7-15-13-10-14(17-11-16-13)18-8-4-5-12(18)6-9-19/h10-12,19H,2-9H2,1H3,(H,15,16,17). The van der Waals surface area contributed by atoms with E-state index in [0.717, 1.165) is 44.0 Å². The predicted molar refractivity (Wildman–Crippen MR) is 77.5 cm³/mol. The van der Waals surface area contributed by atoms with Crippen LogP contribution >= 0.6 is 0 Å². The van der Waals surface area contributed by atoms with Gasteiger partial charge in [-0.2, -0.15) is 0 Å². The molecule has 5 heteroatoms. The van der Waals surface area contributed by atoms with E-state index in [1.807, 2.05) is 6.07 Å². The average Bonchev–Trinajstić information content (AvgIpc) is 2.88. The van der Waals surface area contributed by atoms with E-state index in [-0.39, 0.29) is 6.61 Å². The van der Waals surface area contributed by atoms with E-state index in [0.29, 0.717) is 6.04 Å². The summed E-state index contributed by atoms with van der Waals surface area (Å²) in [7, 11) is 0. The fraction of sp³-hybridized carbons (Fsp3) is 0.714. The van der Waals surface area contributed by atoms with Gasteiger partial charge in [0.2, 0.25) is 0 Å². The van der Waals surface area contributed by atoms with Crippen molar-refractivity contribution < 1.29 is 5.11 Å². The molecule has 0 bridgehead atoms. The van der Waals surface area contributed by atoms with E-state index >= 15 is 0 Å². The molecule has 106 valence electrons. The molecule has 5 nitrogen and oxygen atoms in total. The first-order valence-corrected chi connectivity index (χ1v) is 7.28. The van der Waals surface area contributed by atoms with E-state index in [1.54, 1.807) is 6.33 Å². The van der Waals surface area contributed by atoms with Gasteiger partial charge in [0.25, 0.3) is 0 Å². The van der Waals surface area contributed by atoms with E-state index < -0.39 is 0 Å². The van der Waals surface area contributed by atoms with Crippen LogP contribution in [0.2, 0.25) is 0 Å². The molecule has 0 spiro atoms. The average molecular weight is 264 g/mol. The highest BCUT2D eigenvalue weighted by molar-refractivity contribution is 5.49. The summed E-state index contributed by atoms with van der Waals surface area (Å²) in [6.07, 6.45) is 7.09. The third-order valence-corrected chi connectivity index (χ3v) is 3.62. The van der Waals surface area contributed by atoms with Crippen LogP contribution in [0.4, 0.5) is 11.6 Å². The minimum Gasteiger partial charge on any atom is -0.396 e. The molecule has 0 aliphatic carbocycles. The van der Waals surface area contributed by atoms with Gasteiger partial charge in [0, 0.05) is 31.8 Å². The van der Waals surface area contributed by atoms with Crippen molar-refractivity contribution in [3.8, 4) is 0 Å². The Kier molecular flexibility index (Phi) is 5.39. The number of aliphatic hydroxyl groups excluding tert-OH is 1. The molecular formula is C14H24N4O. The molecule has 2 heterocycles. The highest BCUT2D eigenvalue weighted by atomic mass is 16.3. The molecule has 1 aliphatic rings. The lowest BCUT2D eigenvalue weighted by Gasteiger charge is -2.25. The topological polar surface area (TPSA) is 61.3 Å². The zero-order valence-corrected chi connectivity index (χ0v) is 11.7. The summed E-state index contributed by atoms with van der Waals surface area (Å²) in [5.41, 5.74) is 0. The monoisotopic (exact) mass is 264 g/mol. The van der Waals surface area contributed by atoms with Gasteiger partial charge >= 0.3 is 0 Å².